The van der Waals surface area contributed by atoms with Gasteiger partial charge in [0.05, 0.1) is 0 Å². The normalized spacial score (nSPS) is 16.8. The summed E-state index contributed by atoms with van der Waals surface area (Å²) in [5, 5.41) is 11.5. The molecule has 4 N–H and O–H groups in total. The van der Waals surface area contributed by atoms with E-state index in [1.807, 2.05) is 0 Å². The Hall–Kier alpha value is -1.79. The number of likely N-dealkylation sites (tertiary alicyclic amines) is 1. The zero-order chi connectivity index (χ0) is 15.3. The second kappa shape index (κ2) is 6.58. The summed E-state index contributed by atoms with van der Waals surface area (Å²) in [5.74, 6) is -1.35. The van der Waals surface area contributed by atoms with E-state index in [4.69, 9.17) is 10.8 Å². The van der Waals surface area contributed by atoms with Crippen molar-refractivity contribution in [3.63, 3.8) is 0 Å². The van der Waals surface area contributed by atoms with Crippen molar-refractivity contribution in [3.05, 3.63) is 0 Å². The molecular weight excluding hydrogens is 262 g/mol. The van der Waals surface area contributed by atoms with Gasteiger partial charge in [0.2, 0.25) is 5.91 Å². The standard InChI is InChI=1S/C13H23N3O4/c1-13(2,6-3-10(17)18)15-12(20)16-7-4-9(5-8-16)11(14)19/h9H,3-8H2,1-2H3,(H2,14,19)(H,15,20)(H,17,18). The maximum Gasteiger partial charge on any atom is 0.317 e. The molecule has 1 saturated heterocycles. The van der Waals surface area contributed by atoms with Gasteiger partial charge < -0.3 is 21.1 Å². The molecule has 7 heteroatoms. The minimum absolute atomic E-state index is 0.0109. The summed E-state index contributed by atoms with van der Waals surface area (Å²) >= 11 is 0. The maximum absolute atomic E-state index is 12.1. The molecule has 0 aliphatic carbocycles. The van der Waals surface area contributed by atoms with Crippen LogP contribution in [0.4, 0.5) is 4.79 Å². The number of piperidine rings is 1. The van der Waals surface area contributed by atoms with Gasteiger partial charge in [-0.1, -0.05) is 0 Å². The molecule has 1 fully saturated rings. The summed E-state index contributed by atoms with van der Waals surface area (Å²) in [6.07, 6.45) is 1.54. The highest BCUT2D eigenvalue weighted by Crippen LogP contribution is 2.18. The van der Waals surface area contributed by atoms with Gasteiger partial charge in [0.25, 0.3) is 0 Å². The number of aliphatic carboxylic acids is 1. The summed E-state index contributed by atoms with van der Waals surface area (Å²) in [6, 6.07) is -0.219. The van der Waals surface area contributed by atoms with Gasteiger partial charge in [-0.25, -0.2) is 4.79 Å². The lowest BCUT2D eigenvalue weighted by Crippen LogP contribution is -2.52. The predicted molar refractivity (Wildman–Crippen MR) is 73.0 cm³/mol. The fourth-order valence-corrected chi connectivity index (χ4v) is 2.22. The van der Waals surface area contributed by atoms with Crippen molar-refractivity contribution in [2.24, 2.45) is 11.7 Å². The quantitative estimate of drug-likeness (QED) is 0.684. The number of primary amides is 1. The maximum atomic E-state index is 12.1. The van der Waals surface area contributed by atoms with Crippen LogP contribution in [0.1, 0.15) is 39.5 Å². The molecule has 1 rings (SSSR count). The van der Waals surface area contributed by atoms with Crippen molar-refractivity contribution in [2.45, 2.75) is 45.1 Å². The molecule has 0 radical (unpaired) electrons. The predicted octanol–water partition coefficient (Wildman–Crippen LogP) is 0.537. The van der Waals surface area contributed by atoms with E-state index >= 15 is 0 Å². The first-order valence-corrected chi connectivity index (χ1v) is 6.79. The van der Waals surface area contributed by atoms with E-state index in [1.165, 1.54) is 0 Å². The Morgan fingerprint density at radius 2 is 1.85 bits per heavy atom. The average Bonchev–Trinajstić information content (AvgIpc) is 2.36. The average molecular weight is 285 g/mol. The first-order chi connectivity index (χ1) is 9.21. The van der Waals surface area contributed by atoms with Crippen LogP contribution < -0.4 is 11.1 Å². The lowest BCUT2D eigenvalue weighted by molar-refractivity contribution is -0.137. The molecule has 1 aliphatic heterocycles. The van der Waals surface area contributed by atoms with Gasteiger partial charge in [-0.3, -0.25) is 9.59 Å². The highest BCUT2D eigenvalue weighted by molar-refractivity contribution is 5.78. The third kappa shape index (κ3) is 5.07. The summed E-state index contributed by atoms with van der Waals surface area (Å²) in [7, 11) is 0. The van der Waals surface area contributed by atoms with Crippen molar-refractivity contribution in [1.29, 1.82) is 0 Å². The number of rotatable bonds is 5. The van der Waals surface area contributed by atoms with Gasteiger partial charge in [-0.15, -0.1) is 0 Å². The molecule has 20 heavy (non-hydrogen) atoms. The second-order valence-electron chi connectivity index (χ2n) is 5.87. The first kappa shape index (κ1) is 16.3. The van der Waals surface area contributed by atoms with Crippen LogP contribution in [-0.2, 0) is 9.59 Å². The number of nitrogens with zero attached hydrogens (tertiary/aromatic N) is 1. The third-order valence-corrected chi connectivity index (χ3v) is 3.59. The molecule has 0 aromatic rings. The Bertz CT molecular complexity index is 387. The molecule has 0 spiro atoms. The monoisotopic (exact) mass is 285 g/mol. The van der Waals surface area contributed by atoms with Crippen molar-refractivity contribution < 1.29 is 19.5 Å². The van der Waals surface area contributed by atoms with Crippen LogP contribution in [0, 0.1) is 5.92 Å². The fourth-order valence-electron chi connectivity index (χ4n) is 2.22. The Balaban J connectivity index is 2.43. The molecule has 114 valence electrons. The number of carboxylic acid groups (broad SMARTS) is 1. The molecule has 1 aliphatic rings. The number of amides is 3. The molecule has 0 bridgehead atoms. The number of carbonyl (C=O) groups excluding carboxylic acids is 2. The lowest BCUT2D eigenvalue weighted by atomic mass is 9.96. The van der Waals surface area contributed by atoms with Crippen LogP contribution in [0.15, 0.2) is 0 Å². The number of nitrogens with two attached hydrogens (primary N) is 1. The molecule has 0 aromatic heterocycles. The van der Waals surface area contributed by atoms with Crippen LogP contribution in [0.2, 0.25) is 0 Å². The van der Waals surface area contributed by atoms with Crippen LogP contribution >= 0.6 is 0 Å². The number of hydrogen-bond donors (Lipinski definition) is 3. The SMILES string of the molecule is CC(C)(CCC(=O)O)NC(=O)N1CCC(C(N)=O)CC1. The highest BCUT2D eigenvalue weighted by Gasteiger charge is 2.29. The smallest absolute Gasteiger partial charge is 0.317 e. The molecule has 0 unspecified atom stereocenters. The molecular formula is C13H23N3O4. The van der Waals surface area contributed by atoms with E-state index < -0.39 is 11.5 Å². The summed E-state index contributed by atoms with van der Waals surface area (Å²) < 4.78 is 0. The van der Waals surface area contributed by atoms with Crippen LogP contribution in [-0.4, -0.2) is 46.5 Å². The Morgan fingerprint density at radius 1 is 1.30 bits per heavy atom. The van der Waals surface area contributed by atoms with Crippen LogP contribution in [0.3, 0.4) is 0 Å². The highest BCUT2D eigenvalue weighted by atomic mass is 16.4. The van der Waals surface area contributed by atoms with E-state index in [-0.39, 0.29) is 24.3 Å². The van der Waals surface area contributed by atoms with Crippen molar-refractivity contribution >= 4 is 17.9 Å². The van der Waals surface area contributed by atoms with Gasteiger partial charge >= 0.3 is 12.0 Å². The van der Waals surface area contributed by atoms with E-state index in [1.54, 1.807) is 18.7 Å². The minimum Gasteiger partial charge on any atom is -0.481 e. The van der Waals surface area contributed by atoms with Gasteiger partial charge in [0.1, 0.15) is 0 Å². The molecule has 3 amide bonds. The van der Waals surface area contributed by atoms with E-state index in [0.29, 0.717) is 32.4 Å². The summed E-state index contributed by atoms with van der Waals surface area (Å²) in [6.45, 7) is 4.58. The Kier molecular flexibility index (Phi) is 5.35. The van der Waals surface area contributed by atoms with Crippen molar-refractivity contribution in [1.82, 2.24) is 10.2 Å². The van der Waals surface area contributed by atoms with Gasteiger partial charge in [0.15, 0.2) is 0 Å². The Morgan fingerprint density at radius 3 is 2.30 bits per heavy atom. The molecule has 0 saturated carbocycles. The molecule has 0 aromatic carbocycles. The third-order valence-electron chi connectivity index (χ3n) is 3.59. The van der Waals surface area contributed by atoms with Crippen LogP contribution in [0.25, 0.3) is 0 Å². The summed E-state index contributed by atoms with van der Waals surface area (Å²) in [5.41, 5.74) is 4.67. The largest absolute Gasteiger partial charge is 0.481 e. The second-order valence-corrected chi connectivity index (χ2v) is 5.87. The zero-order valence-corrected chi connectivity index (χ0v) is 12.0. The molecule has 0 atom stereocenters. The zero-order valence-electron chi connectivity index (χ0n) is 12.0. The number of carbonyl (C=O) groups is 3. The van der Waals surface area contributed by atoms with E-state index in [2.05, 4.69) is 5.32 Å². The van der Waals surface area contributed by atoms with Gasteiger partial charge in [0, 0.05) is 31.0 Å². The Labute approximate surface area is 118 Å². The van der Waals surface area contributed by atoms with Crippen molar-refractivity contribution in [2.75, 3.05) is 13.1 Å². The van der Waals surface area contributed by atoms with Gasteiger partial charge in [-0.2, -0.15) is 0 Å². The summed E-state index contributed by atoms with van der Waals surface area (Å²) in [4.78, 5) is 35.3. The number of hydrogen-bond acceptors (Lipinski definition) is 3. The van der Waals surface area contributed by atoms with E-state index in [0.717, 1.165) is 0 Å². The number of nitrogens with one attached hydrogen (secondary N) is 1. The first-order valence-electron chi connectivity index (χ1n) is 6.79. The van der Waals surface area contributed by atoms with E-state index in [9.17, 15) is 14.4 Å². The number of carboxylic acids is 1. The molecule has 1 heterocycles. The van der Waals surface area contributed by atoms with Gasteiger partial charge in [-0.05, 0) is 33.1 Å². The van der Waals surface area contributed by atoms with Crippen molar-refractivity contribution in [3.8, 4) is 0 Å². The molecule has 7 nitrogen and oxygen atoms in total. The fraction of sp³-hybridized carbons (Fsp3) is 0.769. The number of urea groups is 1. The topological polar surface area (TPSA) is 113 Å². The lowest BCUT2D eigenvalue weighted by Gasteiger charge is -2.34. The van der Waals surface area contributed by atoms with Crippen LogP contribution in [0.5, 0.6) is 0 Å². The minimum atomic E-state index is -0.880.